The van der Waals surface area contributed by atoms with E-state index >= 15 is 0 Å². The van der Waals surface area contributed by atoms with Crippen LogP contribution in [0.25, 0.3) is 47.1 Å². The number of allylic oxidation sites excluding steroid dienone is 1. The van der Waals surface area contributed by atoms with Gasteiger partial charge in [0.2, 0.25) is 5.91 Å². The molecule has 2 N–H and O–H groups in total. The van der Waals surface area contributed by atoms with E-state index < -0.39 is 0 Å². The number of piperazine rings is 1. The van der Waals surface area contributed by atoms with E-state index in [4.69, 9.17) is 25.3 Å². The molecule has 54 heavy (non-hydrogen) atoms. The van der Waals surface area contributed by atoms with Crippen LogP contribution in [0.2, 0.25) is 0 Å². The summed E-state index contributed by atoms with van der Waals surface area (Å²) in [6, 6.07) is 20.9. The monoisotopic (exact) mass is 754 g/mol. The summed E-state index contributed by atoms with van der Waals surface area (Å²) in [5.41, 5.74) is 6.66. The topological polar surface area (TPSA) is 117 Å². The number of aromatic nitrogens is 4. The summed E-state index contributed by atoms with van der Waals surface area (Å²) >= 11 is 3.32. The van der Waals surface area contributed by atoms with Crippen molar-refractivity contribution < 1.29 is 4.79 Å². The van der Waals surface area contributed by atoms with Gasteiger partial charge in [0.15, 0.2) is 0 Å². The number of nitrogens with zero attached hydrogens (tertiary/aromatic N) is 8. The summed E-state index contributed by atoms with van der Waals surface area (Å²) in [5, 5.41) is 12.7. The highest BCUT2D eigenvalue weighted by molar-refractivity contribution is 7.22. The molecule has 2 aromatic carbocycles. The van der Waals surface area contributed by atoms with E-state index in [-0.39, 0.29) is 5.91 Å². The fourth-order valence-electron chi connectivity index (χ4n) is 8.02. The maximum atomic E-state index is 12.6. The second-order valence-corrected chi connectivity index (χ2v) is 16.5. The molecule has 1 amide bonds. The first-order chi connectivity index (χ1) is 26.4. The first-order valence-electron chi connectivity index (χ1n) is 18.5. The largest absolute Gasteiger partial charge is 0.393 e. The fraction of sp³-hybridized carbons (Fsp3) is 0.317. The van der Waals surface area contributed by atoms with Crippen LogP contribution in [-0.4, -0.2) is 96.9 Å². The van der Waals surface area contributed by atoms with Crippen molar-refractivity contribution in [1.29, 1.82) is 5.41 Å². The summed E-state index contributed by atoms with van der Waals surface area (Å²) in [5.74, 6) is 3.46. The van der Waals surface area contributed by atoms with Gasteiger partial charge in [-0.2, -0.15) is 0 Å². The summed E-state index contributed by atoms with van der Waals surface area (Å²) in [6.45, 7) is 6.13. The smallest absolute Gasteiger partial charge is 0.241 e. The highest BCUT2D eigenvalue weighted by Gasteiger charge is 2.35. The maximum Gasteiger partial charge on any atom is 0.241 e. The zero-order valence-corrected chi connectivity index (χ0v) is 32.0. The minimum atomic E-state index is 0.139. The number of benzene rings is 2. The molecule has 11 nitrogen and oxygen atoms in total. The molecule has 7 heterocycles. The highest BCUT2D eigenvalue weighted by atomic mass is 32.1. The van der Waals surface area contributed by atoms with Crippen LogP contribution >= 0.6 is 22.7 Å². The number of thiazole rings is 2. The molecule has 2 unspecified atom stereocenters. The van der Waals surface area contributed by atoms with Crippen molar-refractivity contribution in [2.24, 2.45) is 11.8 Å². The van der Waals surface area contributed by atoms with E-state index in [0.29, 0.717) is 24.9 Å². The number of likely N-dealkylation sites (N-methyl/N-ethyl adjacent to an activating group) is 1. The van der Waals surface area contributed by atoms with E-state index in [2.05, 4.69) is 56.4 Å². The van der Waals surface area contributed by atoms with Gasteiger partial charge in [-0.15, -0.1) is 22.7 Å². The zero-order valence-electron chi connectivity index (χ0n) is 30.4. The van der Waals surface area contributed by atoms with E-state index in [1.54, 1.807) is 22.7 Å². The molecule has 0 spiro atoms. The number of amides is 1. The van der Waals surface area contributed by atoms with Crippen molar-refractivity contribution in [3.63, 3.8) is 0 Å². The predicted octanol–water partition coefficient (Wildman–Crippen LogP) is 6.87. The molecule has 2 atom stereocenters. The Hall–Kier alpha value is -5.24. The second-order valence-electron chi connectivity index (χ2n) is 14.5. The number of anilines is 3. The Morgan fingerprint density at radius 3 is 2.07 bits per heavy atom. The molecule has 0 saturated carbocycles. The van der Waals surface area contributed by atoms with E-state index in [0.717, 1.165) is 103 Å². The molecule has 6 aromatic rings. The van der Waals surface area contributed by atoms with E-state index in [1.807, 2.05) is 61.9 Å². The van der Waals surface area contributed by atoms with Crippen molar-refractivity contribution in [2.45, 2.75) is 12.8 Å². The molecule has 274 valence electrons. The van der Waals surface area contributed by atoms with Crippen LogP contribution in [0.15, 0.2) is 79.3 Å². The van der Waals surface area contributed by atoms with Crippen LogP contribution < -0.4 is 20.0 Å². The molecule has 9 rings (SSSR count). The Kier molecular flexibility index (Phi) is 9.29. The molecule has 4 aromatic heterocycles. The van der Waals surface area contributed by atoms with Crippen LogP contribution in [0.3, 0.4) is 0 Å². The van der Waals surface area contributed by atoms with Crippen LogP contribution in [0.4, 0.5) is 17.3 Å². The minimum Gasteiger partial charge on any atom is -0.393 e. The Morgan fingerprint density at radius 1 is 0.796 bits per heavy atom. The summed E-state index contributed by atoms with van der Waals surface area (Å²) in [7, 11) is 3.83. The molecule has 13 heteroatoms. The van der Waals surface area contributed by atoms with Gasteiger partial charge in [0.05, 0.1) is 27.0 Å². The van der Waals surface area contributed by atoms with Crippen LogP contribution in [0.5, 0.6) is 0 Å². The Labute approximate surface area is 322 Å². The van der Waals surface area contributed by atoms with Gasteiger partial charge < -0.3 is 25.4 Å². The van der Waals surface area contributed by atoms with Crippen LogP contribution in [0, 0.1) is 17.2 Å². The average molecular weight is 755 g/mol. The maximum absolute atomic E-state index is 12.6. The number of pyridine rings is 2. The van der Waals surface area contributed by atoms with E-state index in [9.17, 15) is 4.79 Å². The Bertz CT molecular complexity index is 2370. The number of hydrogen-bond donors (Lipinski definition) is 2. The zero-order chi connectivity index (χ0) is 36.8. The summed E-state index contributed by atoms with van der Waals surface area (Å²) in [6.07, 6.45) is 9.46. The molecular weight excluding hydrogens is 713 g/mol. The van der Waals surface area contributed by atoms with Gasteiger partial charge in [-0.1, -0.05) is 6.07 Å². The van der Waals surface area contributed by atoms with Gasteiger partial charge in [-0.25, -0.2) is 19.9 Å². The van der Waals surface area contributed by atoms with Gasteiger partial charge in [-0.05, 0) is 91.9 Å². The van der Waals surface area contributed by atoms with Gasteiger partial charge >= 0.3 is 0 Å². The van der Waals surface area contributed by atoms with Gasteiger partial charge in [0.25, 0.3) is 0 Å². The fourth-order valence-corrected chi connectivity index (χ4v) is 9.95. The Morgan fingerprint density at radius 2 is 1.46 bits per heavy atom. The van der Waals surface area contributed by atoms with Crippen molar-refractivity contribution in [3.8, 4) is 21.1 Å². The van der Waals surface area contributed by atoms with Crippen LogP contribution in [0.1, 0.15) is 18.4 Å². The SMILES string of the molecule is CN/C=C(\C=N)c1ccc2sc(-c3ccc(N4CCC(C5CCN(c6ccc(-c7nc8ccc(N9CCN(C)CC9=O)cc8s7)cn6)C5)C4)nc3)nc2c1. The third-order valence-electron chi connectivity index (χ3n) is 11.0. The number of rotatable bonds is 9. The summed E-state index contributed by atoms with van der Waals surface area (Å²) in [4.78, 5) is 41.1. The van der Waals surface area contributed by atoms with Crippen LogP contribution in [-0.2, 0) is 4.79 Å². The first kappa shape index (κ1) is 34.5. The highest BCUT2D eigenvalue weighted by Crippen LogP contribution is 2.37. The number of nitrogens with one attached hydrogen (secondary N) is 2. The van der Waals surface area contributed by atoms with Crippen molar-refractivity contribution in [1.82, 2.24) is 30.2 Å². The molecule has 3 fully saturated rings. The minimum absolute atomic E-state index is 0.139. The normalized spacial score (nSPS) is 19.8. The number of fused-ring (bicyclic) bond motifs is 2. The number of hydrogen-bond acceptors (Lipinski definition) is 12. The van der Waals surface area contributed by atoms with Gasteiger partial charge in [0.1, 0.15) is 21.7 Å². The second kappa shape index (κ2) is 14.5. The number of carbonyl (C=O) groups excluding carboxylic acids is 1. The molecular formula is C41H42N10OS2. The molecule has 3 aliphatic heterocycles. The third kappa shape index (κ3) is 6.71. The van der Waals surface area contributed by atoms with E-state index in [1.165, 1.54) is 19.1 Å². The van der Waals surface area contributed by atoms with Crippen molar-refractivity contribution in [3.05, 3.63) is 84.8 Å². The van der Waals surface area contributed by atoms with Crippen molar-refractivity contribution in [2.75, 3.05) is 74.6 Å². The average Bonchev–Trinajstić information content (AvgIpc) is 4.03. The lowest BCUT2D eigenvalue weighted by molar-refractivity contribution is -0.120. The standard InChI is InChI=1S/C41H42N10OS2/c1-43-20-31(19-42)26-3-8-35-34(17-26)47-41(53-35)28-5-10-38(45-22-28)50-14-12-30(24-50)29-11-13-49(23-29)37-9-4-27(21-44-37)40-46-33-7-6-32(18-36(33)54-40)51-16-15-48(2)25-39(51)52/h3-10,17-22,29-30,42-43H,11-16,23-25H2,1-2H3/b31-20+,42-19?. The van der Waals surface area contributed by atoms with Gasteiger partial charge in [0, 0.05) is 93.5 Å². The van der Waals surface area contributed by atoms with Crippen molar-refractivity contribution >= 4 is 78.1 Å². The lowest BCUT2D eigenvalue weighted by Gasteiger charge is -2.32. The molecule has 0 aliphatic carbocycles. The number of carbonyl (C=O) groups is 1. The van der Waals surface area contributed by atoms with Gasteiger partial charge in [-0.3, -0.25) is 9.69 Å². The summed E-state index contributed by atoms with van der Waals surface area (Å²) < 4.78 is 2.20. The lowest BCUT2D eigenvalue weighted by Crippen LogP contribution is -2.48. The molecule has 0 radical (unpaired) electrons. The first-order valence-corrected chi connectivity index (χ1v) is 20.2. The Balaban J connectivity index is 0.813. The lowest BCUT2D eigenvalue weighted by atomic mass is 9.91. The quantitative estimate of drug-likeness (QED) is 0.153. The molecule has 3 aliphatic rings. The molecule has 3 saturated heterocycles. The predicted molar refractivity (Wildman–Crippen MR) is 222 cm³/mol. The third-order valence-corrected chi connectivity index (χ3v) is 13.2. The molecule has 0 bridgehead atoms.